The third-order valence-corrected chi connectivity index (χ3v) is 7.96. The second-order valence-electron chi connectivity index (χ2n) is 8.07. The van der Waals surface area contributed by atoms with Crippen molar-refractivity contribution < 1.29 is 28.4 Å². The molecule has 8 heteroatoms. The summed E-state index contributed by atoms with van der Waals surface area (Å²) < 4.78 is 34.3. The van der Waals surface area contributed by atoms with Gasteiger partial charge in [-0.15, -0.1) is 22.7 Å². The number of hydrogen-bond acceptors (Lipinski definition) is 8. The zero-order chi connectivity index (χ0) is 23.5. The molecule has 1 aliphatic heterocycles. The zero-order valence-corrected chi connectivity index (χ0v) is 22.1. The van der Waals surface area contributed by atoms with Crippen LogP contribution in [0.1, 0.15) is 41.8 Å². The third-order valence-electron chi connectivity index (χ3n) is 5.75. The lowest BCUT2D eigenvalue weighted by atomic mass is 9.97. The number of fused-ring (bicyclic) bond motifs is 2. The Morgan fingerprint density at radius 2 is 0.667 bits per heavy atom. The normalized spacial score (nSPS) is 19.0. The summed E-state index contributed by atoms with van der Waals surface area (Å²) in [4.78, 5) is 5.42. The molecular formula is C25H38O6S2. The molecule has 0 spiro atoms. The van der Waals surface area contributed by atoms with E-state index >= 15 is 0 Å². The second-order valence-corrected chi connectivity index (χ2v) is 10.9. The number of rotatable bonds is 0. The van der Waals surface area contributed by atoms with Gasteiger partial charge < -0.3 is 28.4 Å². The van der Waals surface area contributed by atoms with Gasteiger partial charge >= 0.3 is 0 Å². The third kappa shape index (κ3) is 8.40. The van der Waals surface area contributed by atoms with E-state index in [0.717, 1.165) is 6.42 Å². The van der Waals surface area contributed by atoms with Crippen LogP contribution in [-0.4, -0.2) is 66.1 Å². The molecule has 0 bridgehead atoms. The Labute approximate surface area is 206 Å². The Hall–Kier alpha value is -0.840. The highest BCUT2D eigenvalue weighted by atomic mass is 32.1. The summed E-state index contributed by atoms with van der Waals surface area (Å²) in [6.45, 7) is 15.7. The van der Waals surface area contributed by atoms with Crippen LogP contribution in [0.25, 0.3) is 0 Å². The minimum Gasteiger partial charge on any atom is -0.377 e. The largest absolute Gasteiger partial charge is 0.377 e. The van der Waals surface area contributed by atoms with Gasteiger partial charge in [0.05, 0.1) is 79.3 Å². The van der Waals surface area contributed by atoms with E-state index in [2.05, 4.69) is 27.7 Å². The number of hydrogen-bond donors (Lipinski definition) is 0. The van der Waals surface area contributed by atoms with Crippen molar-refractivity contribution in [2.24, 2.45) is 0 Å². The van der Waals surface area contributed by atoms with Crippen molar-refractivity contribution in [3.63, 3.8) is 0 Å². The molecule has 3 rings (SSSR count). The predicted molar refractivity (Wildman–Crippen MR) is 133 cm³/mol. The monoisotopic (exact) mass is 498 g/mol. The first-order valence-electron chi connectivity index (χ1n) is 11.7. The van der Waals surface area contributed by atoms with Crippen LogP contribution in [0.15, 0.2) is 0 Å². The van der Waals surface area contributed by atoms with Gasteiger partial charge in [-0.25, -0.2) is 0 Å². The standard InChI is InChI=1S/C25H38O6S2/c1-18-22-15-23-19(2)33-21(4)25(23)17-31-14-12-29-10-8-27-6-5-26-7-9-28-11-13-30-16-24(22)20(3)32-18/h5-17H2,1-4H3. The summed E-state index contributed by atoms with van der Waals surface area (Å²) in [5, 5.41) is 0. The van der Waals surface area contributed by atoms with E-state index in [9.17, 15) is 0 Å². The van der Waals surface area contributed by atoms with Gasteiger partial charge in [-0.1, -0.05) is 0 Å². The average Bonchev–Trinajstić information content (AvgIpc) is 3.20. The number of thiophene rings is 2. The molecule has 3 heterocycles. The minimum atomic E-state index is 0.560. The van der Waals surface area contributed by atoms with Crippen molar-refractivity contribution in [1.29, 1.82) is 0 Å². The van der Waals surface area contributed by atoms with Gasteiger partial charge in [0.25, 0.3) is 0 Å². The van der Waals surface area contributed by atoms with E-state index in [1.165, 1.54) is 41.8 Å². The lowest BCUT2D eigenvalue weighted by molar-refractivity contribution is -0.0185. The van der Waals surface area contributed by atoms with E-state index in [1.807, 2.05) is 22.7 Å². The lowest BCUT2D eigenvalue weighted by Crippen LogP contribution is -2.14. The summed E-state index contributed by atoms with van der Waals surface area (Å²) in [7, 11) is 0. The first-order valence-corrected chi connectivity index (χ1v) is 13.3. The Balaban J connectivity index is 1.68. The molecule has 1 aliphatic rings. The van der Waals surface area contributed by atoms with Crippen LogP contribution in [0.4, 0.5) is 0 Å². The van der Waals surface area contributed by atoms with Gasteiger partial charge in [-0.05, 0) is 49.9 Å². The first-order chi connectivity index (χ1) is 16.1. The fourth-order valence-corrected chi connectivity index (χ4v) is 6.08. The highest BCUT2D eigenvalue weighted by Gasteiger charge is 2.19. The summed E-state index contributed by atoms with van der Waals surface area (Å²) >= 11 is 3.73. The molecule has 186 valence electrons. The molecule has 0 N–H and O–H groups in total. The Kier molecular flexibility index (Phi) is 11.8. The van der Waals surface area contributed by atoms with Gasteiger partial charge in [0.1, 0.15) is 0 Å². The van der Waals surface area contributed by atoms with Crippen LogP contribution in [-0.2, 0) is 48.1 Å². The summed E-state index contributed by atoms with van der Waals surface area (Å²) in [5.74, 6) is 0. The van der Waals surface area contributed by atoms with E-state index in [4.69, 9.17) is 28.4 Å². The first kappa shape index (κ1) is 26.8. The smallest absolute Gasteiger partial charge is 0.0731 e. The topological polar surface area (TPSA) is 55.4 Å². The second kappa shape index (κ2) is 14.5. The Morgan fingerprint density at radius 1 is 0.394 bits per heavy atom. The molecule has 2 aromatic rings. The maximum atomic E-state index is 5.99. The van der Waals surface area contributed by atoms with E-state index in [0.29, 0.717) is 79.3 Å². The Morgan fingerprint density at radius 3 is 1.00 bits per heavy atom. The quantitative estimate of drug-likeness (QED) is 0.523. The molecule has 33 heavy (non-hydrogen) atoms. The summed E-state index contributed by atoms with van der Waals surface area (Å²) in [6.07, 6.45) is 0.922. The lowest BCUT2D eigenvalue weighted by Gasteiger charge is -2.12. The molecule has 0 radical (unpaired) electrons. The molecule has 0 aromatic carbocycles. The average molecular weight is 499 g/mol. The fraction of sp³-hybridized carbons (Fsp3) is 0.680. The fourth-order valence-electron chi connectivity index (χ4n) is 3.92. The van der Waals surface area contributed by atoms with Crippen LogP contribution in [0.5, 0.6) is 0 Å². The molecule has 0 fully saturated rings. The van der Waals surface area contributed by atoms with Gasteiger partial charge in [-0.2, -0.15) is 0 Å². The van der Waals surface area contributed by atoms with Crippen molar-refractivity contribution >= 4 is 22.7 Å². The maximum absolute atomic E-state index is 5.99. The maximum Gasteiger partial charge on any atom is 0.0731 e. The molecule has 0 saturated heterocycles. The van der Waals surface area contributed by atoms with Crippen LogP contribution >= 0.6 is 22.7 Å². The molecule has 0 unspecified atom stereocenters. The molecule has 6 nitrogen and oxygen atoms in total. The molecule has 0 amide bonds. The van der Waals surface area contributed by atoms with Crippen molar-refractivity contribution in [2.45, 2.75) is 47.3 Å². The molecule has 0 saturated carbocycles. The van der Waals surface area contributed by atoms with Crippen molar-refractivity contribution in [1.82, 2.24) is 0 Å². The highest BCUT2D eigenvalue weighted by Crippen LogP contribution is 2.35. The van der Waals surface area contributed by atoms with Crippen LogP contribution in [0.2, 0.25) is 0 Å². The Bertz CT molecular complexity index is 776. The SMILES string of the molecule is Cc1sc(C)c2c1COCCOCCOCCOCCOCCOCc1c(C)sc(C)c1C2. The molecule has 0 atom stereocenters. The van der Waals surface area contributed by atoms with Gasteiger partial charge in [0, 0.05) is 25.9 Å². The number of aryl methyl sites for hydroxylation is 4. The summed E-state index contributed by atoms with van der Waals surface area (Å²) in [5.41, 5.74) is 5.44. The van der Waals surface area contributed by atoms with Gasteiger partial charge in [0.2, 0.25) is 0 Å². The van der Waals surface area contributed by atoms with E-state index in [-0.39, 0.29) is 0 Å². The van der Waals surface area contributed by atoms with Crippen LogP contribution < -0.4 is 0 Å². The highest BCUT2D eigenvalue weighted by molar-refractivity contribution is 7.12. The number of ether oxygens (including phenoxy) is 6. The molecule has 0 aliphatic carbocycles. The minimum absolute atomic E-state index is 0.560. The summed E-state index contributed by atoms with van der Waals surface area (Å²) in [6, 6.07) is 0. The van der Waals surface area contributed by atoms with Crippen LogP contribution in [0, 0.1) is 27.7 Å². The molecular weight excluding hydrogens is 460 g/mol. The predicted octanol–water partition coefficient (Wildman–Crippen LogP) is 4.75. The van der Waals surface area contributed by atoms with E-state index < -0.39 is 0 Å². The van der Waals surface area contributed by atoms with E-state index in [1.54, 1.807) is 0 Å². The van der Waals surface area contributed by atoms with Gasteiger partial charge in [0.15, 0.2) is 0 Å². The van der Waals surface area contributed by atoms with Crippen LogP contribution in [0.3, 0.4) is 0 Å². The molecule has 2 aromatic heterocycles. The van der Waals surface area contributed by atoms with Crippen molar-refractivity contribution in [3.8, 4) is 0 Å². The zero-order valence-electron chi connectivity index (χ0n) is 20.5. The van der Waals surface area contributed by atoms with Crippen molar-refractivity contribution in [2.75, 3.05) is 66.1 Å². The van der Waals surface area contributed by atoms with Crippen molar-refractivity contribution in [3.05, 3.63) is 41.8 Å². The van der Waals surface area contributed by atoms with Gasteiger partial charge in [-0.3, -0.25) is 0 Å².